The molecule has 0 aliphatic heterocycles. The van der Waals surface area contributed by atoms with Crippen molar-refractivity contribution in [2.24, 2.45) is 0 Å². The van der Waals surface area contributed by atoms with Crippen LogP contribution in [0, 0.1) is 0 Å². The van der Waals surface area contributed by atoms with Crippen LogP contribution in [0.15, 0.2) is 57.6 Å². The van der Waals surface area contributed by atoms with Crippen LogP contribution in [0.3, 0.4) is 0 Å². The number of anilines is 1. The van der Waals surface area contributed by atoms with Crippen molar-refractivity contribution in [3.8, 4) is 22.6 Å². The zero-order valence-electron chi connectivity index (χ0n) is 14.4. The number of aromatic nitrogens is 2. The Morgan fingerprint density at radius 1 is 1.22 bits per heavy atom. The summed E-state index contributed by atoms with van der Waals surface area (Å²) >= 11 is 1.43. The monoisotopic (exact) mass is 395 g/mol. The van der Waals surface area contributed by atoms with E-state index in [2.05, 4.69) is 4.98 Å². The Hall–Kier alpha value is -2.51. The summed E-state index contributed by atoms with van der Waals surface area (Å²) in [6, 6.07) is 12.0. The van der Waals surface area contributed by atoms with E-state index in [0.717, 1.165) is 44.8 Å². The average molecular weight is 396 g/mol. The number of thiophene rings is 1. The minimum atomic E-state index is -1.08. The van der Waals surface area contributed by atoms with Gasteiger partial charge in [-0.25, -0.2) is 9.97 Å². The molecule has 3 aromatic heterocycles. The second-order valence-corrected chi connectivity index (χ2v) is 9.55. The minimum absolute atomic E-state index is 0.217. The fraction of sp³-hybridized carbons (Fsp3) is 0.200. The van der Waals surface area contributed by atoms with Gasteiger partial charge in [0.25, 0.3) is 0 Å². The van der Waals surface area contributed by atoms with E-state index in [9.17, 15) is 4.21 Å². The highest BCUT2D eigenvalue weighted by atomic mass is 32.2. The summed E-state index contributed by atoms with van der Waals surface area (Å²) in [6.45, 7) is 0. The van der Waals surface area contributed by atoms with Gasteiger partial charge in [-0.1, -0.05) is 36.8 Å². The van der Waals surface area contributed by atoms with Crippen LogP contribution in [0.2, 0.25) is 0 Å². The Labute approximate surface area is 162 Å². The van der Waals surface area contributed by atoms with Gasteiger partial charge in [-0.2, -0.15) is 0 Å². The maximum absolute atomic E-state index is 13.0. The van der Waals surface area contributed by atoms with E-state index in [1.807, 2.05) is 36.4 Å². The van der Waals surface area contributed by atoms with E-state index >= 15 is 0 Å². The molecule has 1 fully saturated rings. The van der Waals surface area contributed by atoms with Gasteiger partial charge < -0.3 is 10.2 Å². The van der Waals surface area contributed by atoms with Crippen molar-refractivity contribution in [2.45, 2.75) is 28.7 Å². The van der Waals surface area contributed by atoms with Crippen LogP contribution < -0.4 is 5.73 Å². The summed E-state index contributed by atoms with van der Waals surface area (Å²) in [5, 5.41) is 1.09. The summed E-state index contributed by atoms with van der Waals surface area (Å²) in [5.74, 6) is 0.600. The lowest BCUT2D eigenvalue weighted by Gasteiger charge is -2.23. The summed E-state index contributed by atoms with van der Waals surface area (Å²) in [6.07, 6.45) is 6.19. The molecule has 0 spiro atoms. The van der Waals surface area contributed by atoms with Crippen LogP contribution in [0.5, 0.6) is 0 Å². The lowest BCUT2D eigenvalue weighted by atomic mass is 10.00. The molecule has 1 aliphatic carbocycles. The van der Waals surface area contributed by atoms with Crippen molar-refractivity contribution in [2.75, 3.05) is 5.73 Å². The Kier molecular flexibility index (Phi) is 4.06. The number of nitrogens with two attached hydrogens (primary N) is 1. The minimum Gasteiger partial charge on any atom is -0.442 e. The number of nitrogen functional groups attached to an aromatic ring is 1. The number of nitrogens with zero attached hydrogens (tertiary/aromatic N) is 2. The third kappa shape index (κ3) is 2.78. The van der Waals surface area contributed by atoms with Crippen LogP contribution in [0.4, 0.5) is 5.69 Å². The van der Waals surface area contributed by atoms with Gasteiger partial charge in [-0.15, -0.1) is 11.3 Å². The first kappa shape index (κ1) is 16.6. The molecule has 136 valence electrons. The van der Waals surface area contributed by atoms with E-state index in [4.69, 9.17) is 15.1 Å². The van der Waals surface area contributed by atoms with E-state index in [-0.39, 0.29) is 5.25 Å². The Balaban J connectivity index is 1.76. The van der Waals surface area contributed by atoms with Gasteiger partial charge in [-0.3, -0.25) is 4.21 Å². The van der Waals surface area contributed by atoms with Gasteiger partial charge in [0.05, 0.1) is 22.7 Å². The number of rotatable bonds is 4. The molecular weight excluding hydrogens is 378 g/mol. The van der Waals surface area contributed by atoms with Crippen LogP contribution in [0.1, 0.15) is 19.3 Å². The zero-order valence-corrected chi connectivity index (χ0v) is 16.1. The normalized spacial score (nSPS) is 15.7. The van der Waals surface area contributed by atoms with E-state index in [0.29, 0.717) is 17.1 Å². The fourth-order valence-corrected chi connectivity index (χ4v) is 6.51. The van der Waals surface area contributed by atoms with Crippen LogP contribution >= 0.6 is 11.3 Å². The molecule has 27 heavy (non-hydrogen) atoms. The molecule has 5 nitrogen and oxygen atoms in total. The quantitative estimate of drug-likeness (QED) is 0.533. The molecule has 0 saturated heterocycles. The van der Waals surface area contributed by atoms with Gasteiger partial charge in [-0.05, 0) is 30.0 Å². The van der Waals surface area contributed by atoms with Gasteiger partial charge in [0.2, 0.25) is 0 Å². The number of oxazole rings is 1. The SMILES string of the molecule is Nc1c(S(=O)C2CCC2)sc2nc(-c3cnco3)cc(-c3ccccc3)c12. The van der Waals surface area contributed by atoms with Gasteiger partial charge in [0, 0.05) is 10.6 Å². The summed E-state index contributed by atoms with van der Waals surface area (Å²) < 4.78 is 19.2. The van der Waals surface area contributed by atoms with Gasteiger partial charge in [0.15, 0.2) is 12.2 Å². The highest BCUT2D eigenvalue weighted by Crippen LogP contribution is 2.44. The van der Waals surface area contributed by atoms with E-state index < -0.39 is 10.8 Å². The molecule has 0 radical (unpaired) electrons. The third-order valence-corrected chi connectivity index (χ3v) is 8.27. The molecule has 0 bridgehead atoms. The molecule has 1 saturated carbocycles. The zero-order chi connectivity index (χ0) is 18.4. The van der Waals surface area contributed by atoms with Gasteiger partial charge in [0.1, 0.15) is 14.7 Å². The second-order valence-electron chi connectivity index (χ2n) is 6.62. The number of pyridine rings is 1. The smallest absolute Gasteiger partial charge is 0.181 e. The molecule has 1 aliphatic rings. The van der Waals surface area contributed by atoms with Crippen LogP contribution in [-0.2, 0) is 10.8 Å². The largest absolute Gasteiger partial charge is 0.442 e. The van der Waals surface area contributed by atoms with Crippen molar-refractivity contribution in [3.63, 3.8) is 0 Å². The molecule has 7 heteroatoms. The molecular formula is C20H17N3O2S2. The summed E-state index contributed by atoms with van der Waals surface area (Å²) in [5.41, 5.74) is 9.80. The Morgan fingerprint density at radius 2 is 2.04 bits per heavy atom. The average Bonchev–Trinajstić information content (AvgIpc) is 3.29. The Morgan fingerprint density at radius 3 is 2.70 bits per heavy atom. The van der Waals surface area contributed by atoms with Crippen molar-refractivity contribution in [3.05, 3.63) is 49.0 Å². The maximum atomic E-state index is 13.0. The molecule has 4 aromatic rings. The van der Waals surface area contributed by atoms with E-state index in [1.54, 1.807) is 6.20 Å². The molecule has 0 amide bonds. The molecule has 1 unspecified atom stereocenters. The molecule has 1 atom stereocenters. The lowest BCUT2D eigenvalue weighted by Crippen LogP contribution is -2.23. The van der Waals surface area contributed by atoms with Gasteiger partial charge >= 0.3 is 0 Å². The second kappa shape index (κ2) is 6.58. The Bertz CT molecular complexity index is 1130. The standard InChI is InChI=1S/C20H17N3O2S2/c21-18-17-14(12-5-2-1-3-6-12)9-15(16-10-22-11-25-16)23-19(17)26-20(18)27(24)13-7-4-8-13/h1-3,5-6,9-11,13H,4,7-8,21H2. The predicted molar refractivity (Wildman–Crippen MR) is 109 cm³/mol. The highest BCUT2D eigenvalue weighted by Gasteiger charge is 2.29. The first-order valence-corrected chi connectivity index (χ1v) is 10.8. The van der Waals surface area contributed by atoms with Crippen LogP contribution in [0.25, 0.3) is 32.8 Å². The van der Waals surface area contributed by atoms with Crippen molar-refractivity contribution >= 4 is 38.0 Å². The predicted octanol–water partition coefficient (Wildman–Crippen LogP) is 4.86. The topological polar surface area (TPSA) is 82.0 Å². The van der Waals surface area contributed by atoms with E-state index in [1.165, 1.54) is 17.7 Å². The number of hydrogen-bond donors (Lipinski definition) is 1. The fourth-order valence-electron chi connectivity index (χ4n) is 3.30. The maximum Gasteiger partial charge on any atom is 0.181 e. The number of benzene rings is 1. The first-order chi connectivity index (χ1) is 13.2. The summed E-state index contributed by atoms with van der Waals surface area (Å²) in [4.78, 5) is 9.52. The third-order valence-electron chi connectivity index (χ3n) is 4.97. The van der Waals surface area contributed by atoms with Crippen molar-refractivity contribution in [1.82, 2.24) is 9.97 Å². The molecule has 2 N–H and O–H groups in total. The first-order valence-electron chi connectivity index (χ1n) is 8.80. The van der Waals surface area contributed by atoms with Crippen LogP contribution in [-0.4, -0.2) is 19.4 Å². The molecule has 1 aromatic carbocycles. The highest BCUT2D eigenvalue weighted by molar-refractivity contribution is 7.88. The molecule has 3 heterocycles. The molecule has 5 rings (SSSR count). The lowest BCUT2D eigenvalue weighted by molar-refractivity contribution is 0.505. The van der Waals surface area contributed by atoms with Crippen molar-refractivity contribution in [1.29, 1.82) is 0 Å². The summed E-state index contributed by atoms with van der Waals surface area (Å²) in [7, 11) is -1.08. The number of hydrogen-bond acceptors (Lipinski definition) is 6. The number of fused-ring (bicyclic) bond motifs is 1. The van der Waals surface area contributed by atoms with Crippen molar-refractivity contribution < 1.29 is 8.63 Å².